The van der Waals surface area contributed by atoms with Crippen LogP contribution in [0.25, 0.3) is 0 Å². The molecule has 0 bridgehead atoms. The molecule has 1 aromatic rings. The van der Waals surface area contributed by atoms with Crippen molar-refractivity contribution in [3.63, 3.8) is 0 Å². The molecule has 3 heteroatoms. The van der Waals surface area contributed by atoms with Crippen LogP contribution in [0.5, 0.6) is 0 Å². The van der Waals surface area contributed by atoms with Gasteiger partial charge in [-0.3, -0.25) is 0 Å². The van der Waals surface area contributed by atoms with Crippen LogP contribution < -0.4 is 5.32 Å². The lowest BCUT2D eigenvalue weighted by Gasteiger charge is -2.22. The van der Waals surface area contributed by atoms with Gasteiger partial charge in [-0.1, -0.05) is 24.3 Å². The lowest BCUT2D eigenvalue weighted by atomic mass is 9.91. The summed E-state index contributed by atoms with van der Waals surface area (Å²) in [6.07, 6.45) is 2.16. The van der Waals surface area contributed by atoms with Crippen LogP contribution in [0.3, 0.4) is 0 Å². The van der Waals surface area contributed by atoms with E-state index in [1.807, 2.05) is 13.1 Å². The Morgan fingerprint density at radius 2 is 2.18 bits per heavy atom. The number of hydrogen-bond acceptors (Lipinski definition) is 3. The monoisotopic (exact) mass is 251 g/mol. The molecule has 1 aliphatic heterocycles. The van der Waals surface area contributed by atoms with E-state index in [9.17, 15) is 5.11 Å². The second-order valence-electron chi connectivity index (χ2n) is 4.63. The molecule has 2 rings (SSSR count). The molecule has 1 unspecified atom stereocenters. The number of thioether (sulfide) groups is 1. The molecular weight excluding hydrogens is 230 g/mol. The van der Waals surface area contributed by atoms with Crippen LogP contribution in [0.2, 0.25) is 0 Å². The molecule has 94 valence electrons. The zero-order chi connectivity index (χ0) is 12.1. The third-order valence-corrected chi connectivity index (χ3v) is 4.43. The van der Waals surface area contributed by atoms with Gasteiger partial charge in [-0.25, -0.2) is 0 Å². The number of benzene rings is 1. The van der Waals surface area contributed by atoms with Gasteiger partial charge in [0.25, 0.3) is 0 Å². The third-order valence-electron chi connectivity index (χ3n) is 3.39. The highest BCUT2D eigenvalue weighted by atomic mass is 32.2. The SMILES string of the molecule is CNCC(O)c1cccc(C2CCSCC2)c1. The quantitative estimate of drug-likeness (QED) is 0.862. The summed E-state index contributed by atoms with van der Waals surface area (Å²) in [6, 6.07) is 8.48. The molecule has 0 radical (unpaired) electrons. The molecule has 2 N–H and O–H groups in total. The van der Waals surface area contributed by atoms with Gasteiger partial charge in [0.15, 0.2) is 0 Å². The summed E-state index contributed by atoms with van der Waals surface area (Å²) in [5.41, 5.74) is 2.44. The van der Waals surface area contributed by atoms with E-state index in [4.69, 9.17) is 0 Å². The van der Waals surface area contributed by atoms with Crippen LogP contribution in [-0.2, 0) is 0 Å². The Morgan fingerprint density at radius 1 is 1.41 bits per heavy atom. The number of rotatable bonds is 4. The summed E-state index contributed by atoms with van der Waals surface area (Å²) in [6.45, 7) is 0.615. The molecule has 0 aliphatic carbocycles. The van der Waals surface area contributed by atoms with Gasteiger partial charge in [0, 0.05) is 6.54 Å². The second-order valence-corrected chi connectivity index (χ2v) is 5.85. The third kappa shape index (κ3) is 3.47. The van der Waals surface area contributed by atoms with E-state index in [0.29, 0.717) is 12.5 Å². The Balaban J connectivity index is 2.09. The number of likely N-dealkylation sites (N-methyl/N-ethyl adjacent to an activating group) is 1. The minimum Gasteiger partial charge on any atom is -0.387 e. The maximum absolute atomic E-state index is 9.98. The molecule has 1 fully saturated rings. The molecule has 17 heavy (non-hydrogen) atoms. The summed E-state index contributed by atoms with van der Waals surface area (Å²) in [4.78, 5) is 0. The van der Waals surface area contributed by atoms with E-state index < -0.39 is 6.10 Å². The fraction of sp³-hybridized carbons (Fsp3) is 0.571. The van der Waals surface area contributed by atoms with Crippen molar-refractivity contribution in [2.45, 2.75) is 24.9 Å². The molecule has 1 heterocycles. The fourth-order valence-electron chi connectivity index (χ4n) is 2.36. The first kappa shape index (κ1) is 12.9. The molecule has 0 aromatic heterocycles. The van der Waals surface area contributed by atoms with E-state index in [0.717, 1.165) is 5.56 Å². The summed E-state index contributed by atoms with van der Waals surface area (Å²) in [7, 11) is 1.87. The van der Waals surface area contributed by atoms with Gasteiger partial charge >= 0.3 is 0 Å². The lowest BCUT2D eigenvalue weighted by Crippen LogP contribution is -2.17. The standard InChI is InChI=1S/C14H21NOS/c1-15-10-14(16)13-4-2-3-12(9-13)11-5-7-17-8-6-11/h2-4,9,11,14-16H,5-8,10H2,1H3. The number of hydrogen-bond donors (Lipinski definition) is 2. The minimum atomic E-state index is -0.391. The van der Waals surface area contributed by atoms with E-state index in [1.54, 1.807) is 0 Å². The highest BCUT2D eigenvalue weighted by molar-refractivity contribution is 7.99. The smallest absolute Gasteiger partial charge is 0.0914 e. The Kier molecular flexibility index (Phi) is 4.89. The largest absolute Gasteiger partial charge is 0.387 e. The summed E-state index contributed by atoms with van der Waals surface area (Å²) >= 11 is 2.05. The average molecular weight is 251 g/mol. The molecule has 1 aromatic carbocycles. The number of aliphatic hydroxyl groups excluding tert-OH is 1. The highest BCUT2D eigenvalue weighted by Crippen LogP contribution is 2.32. The van der Waals surface area contributed by atoms with Crippen molar-refractivity contribution in [2.75, 3.05) is 25.1 Å². The van der Waals surface area contributed by atoms with Gasteiger partial charge in [0.1, 0.15) is 0 Å². The molecular formula is C14H21NOS. The van der Waals surface area contributed by atoms with Crippen molar-refractivity contribution in [3.05, 3.63) is 35.4 Å². The van der Waals surface area contributed by atoms with E-state index in [1.165, 1.54) is 29.9 Å². The van der Waals surface area contributed by atoms with Crippen LogP contribution >= 0.6 is 11.8 Å². The molecule has 0 spiro atoms. The van der Waals surface area contributed by atoms with Gasteiger partial charge in [0.05, 0.1) is 6.10 Å². The Bertz CT molecular complexity index is 350. The predicted octanol–water partition coefficient (Wildman–Crippen LogP) is 2.55. The van der Waals surface area contributed by atoms with Crippen LogP contribution in [0.4, 0.5) is 0 Å². The van der Waals surface area contributed by atoms with Gasteiger partial charge in [0.2, 0.25) is 0 Å². The van der Waals surface area contributed by atoms with E-state index in [-0.39, 0.29) is 0 Å². The topological polar surface area (TPSA) is 32.3 Å². The van der Waals surface area contributed by atoms with Gasteiger partial charge in [-0.15, -0.1) is 0 Å². The Hall–Kier alpha value is -0.510. The van der Waals surface area contributed by atoms with Crippen molar-refractivity contribution < 1.29 is 5.11 Å². The molecule has 1 saturated heterocycles. The van der Waals surface area contributed by atoms with E-state index in [2.05, 4.69) is 35.3 Å². The highest BCUT2D eigenvalue weighted by Gasteiger charge is 2.16. The second kappa shape index (κ2) is 6.43. The fourth-order valence-corrected chi connectivity index (χ4v) is 3.47. The zero-order valence-corrected chi connectivity index (χ0v) is 11.2. The number of nitrogens with one attached hydrogen (secondary N) is 1. The maximum atomic E-state index is 9.98. The first-order valence-corrected chi connectivity index (χ1v) is 7.47. The number of aliphatic hydroxyl groups is 1. The average Bonchev–Trinajstić information content (AvgIpc) is 2.40. The first-order chi connectivity index (χ1) is 8.31. The molecule has 0 saturated carbocycles. The summed E-state index contributed by atoms with van der Waals surface area (Å²) in [5, 5.41) is 13.0. The van der Waals surface area contributed by atoms with Gasteiger partial charge in [-0.05, 0) is 48.4 Å². The summed E-state index contributed by atoms with van der Waals surface area (Å²) in [5.74, 6) is 3.24. The Labute approximate surface area is 108 Å². The first-order valence-electron chi connectivity index (χ1n) is 6.31. The van der Waals surface area contributed by atoms with E-state index >= 15 is 0 Å². The van der Waals surface area contributed by atoms with Crippen molar-refractivity contribution >= 4 is 11.8 Å². The van der Waals surface area contributed by atoms with Crippen LogP contribution in [0, 0.1) is 0 Å². The van der Waals surface area contributed by atoms with Crippen molar-refractivity contribution in [1.29, 1.82) is 0 Å². The van der Waals surface area contributed by atoms with Crippen LogP contribution in [-0.4, -0.2) is 30.2 Å². The van der Waals surface area contributed by atoms with Crippen molar-refractivity contribution in [3.8, 4) is 0 Å². The Morgan fingerprint density at radius 3 is 2.88 bits per heavy atom. The van der Waals surface area contributed by atoms with Crippen molar-refractivity contribution in [1.82, 2.24) is 5.32 Å². The normalized spacial score (nSPS) is 19.2. The van der Waals surface area contributed by atoms with Crippen LogP contribution in [0.1, 0.15) is 36.0 Å². The predicted molar refractivity (Wildman–Crippen MR) is 74.6 cm³/mol. The molecule has 1 atom stereocenters. The zero-order valence-electron chi connectivity index (χ0n) is 10.4. The van der Waals surface area contributed by atoms with Crippen LogP contribution in [0.15, 0.2) is 24.3 Å². The molecule has 1 aliphatic rings. The summed E-state index contributed by atoms with van der Waals surface area (Å²) < 4.78 is 0. The molecule has 0 amide bonds. The molecule has 2 nitrogen and oxygen atoms in total. The van der Waals surface area contributed by atoms with Crippen molar-refractivity contribution in [2.24, 2.45) is 0 Å². The van der Waals surface area contributed by atoms with Gasteiger partial charge in [-0.2, -0.15) is 11.8 Å². The van der Waals surface area contributed by atoms with Gasteiger partial charge < -0.3 is 10.4 Å². The lowest BCUT2D eigenvalue weighted by molar-refractivity contribution is 0.177. The minimum absolute atomic E-state index is 0.391. The maximum Gasteiger partial charge on any atom is 0.0914 e.